The van der Waals surface area contributed by atoms with Crippen molar-refractivity contribution < 1.29 is 4.79 Å². The average Bonchev–Trinajstić information content (AvgIpc) is 2.86. The van der Waals surface area contributed by atoms with E-state index in [0.29, 0.717) is 0 Å². The lowest BCUT2D eigenvalue weighted by molar-refractivity contribution is 0.220. The molecule has 0 aliphatic carbocycles. The van der Waals surface area contributed by atoms with Gasteiger partial charge in [0.25, 0.3) is 0 Å². The van der Waals surface area contributed by atoms with E-state index in [9.17, 15) is 4.79 Å². The van der Waals surface area contributed by atoms with Gasteiger partial charge < -0.3 is 4.90 Å². The Morgan fingerprint density at radius 1 is 0.950 bits per heavy atom. The maximum Gasteiger partial charge on any atom is 0.328 e. The van der Waals surface area contributed by atoms with Crippen LogP contribution in [0.25, 0.3) is 22.2 Å². The lowest BCUT2D eigenvalue weighted by Crippen LogP contribution is -2.27. The highest BCUT2D eigenvalue weighted by atomic mass is 16.2. The molecule has 1 amide bonds. The van der Waals surface area contributed by atoms with Crippen LogP contribution in [0.4, 0.5) is 4.79 Å². The van der Waals surface area contributed by atoms with Crippen molar-refractivity contribution >= 4 is 16.9 Å². The van der Waals surface area contributed by atoms with Crippen molar-refractivity contribution in [3.05, 3.63) is 60.7 Å². The van der Waals surface area contributed by atoms with Crippen LogP contribution in [0.5, 0.6) is 0 Å². The molecule has 3 nitrogen and oxygen atoms in total. The number of rotatable bonds is 1. The Hall–Kier alpha value is -2.55. The first-order valence-electron chi connectivity index (χ1n) is 6.56. The second-order valence-corrected chi connectivity index (χ2v) is 4.97. The molecule has 3 aromatic rings. The van der Waals surface area contributed by atoms with E-state index in [1.165, 1.54) is 0 Å². The Bertz CT molecular complexity index is 757. The van der Waals surface area contributed by atoms with Crippen LogP contribution in [0, 0.1) is 0 Å². The topological polar surface area (TPSA) is 25.2 Å². The number of para-hydroxylation sites is 1. The second-order valence-electron chi connectivity index (χ2n) is 4.97. The summed E-state index contributed by atoms with van der Waals surface area (Å²) in [6, 6.07) is 20.0. The summed E-state index contributed by atoms with van der Waals surface area (Å²) >= 11 is 0. The molecule has 0 bridgehead atoms. The van der Waals surface area contributed by atoms with Gasteiger partial charge in [-0.3, -0.25) is 4.57 Å². The fourth-order valence-electron chi connectivity index (χ4n) is 2.38. The molecule has 2 aromatic carbocycles. The van der Waals surface area contributed by atoms with Gasteiger partial charge in [0, 0.05) is 19.5 Å². The van der Waals surface area contributed by atoms with Gasteiger partial charge in [-0.1, -0.05) is 48.5 Å². The van der Waals surface area contributed by atoms with E-state index in [1.54, 1.807) is 23.6 Å². The molecule has 0 unspecified atom stereocenters. The largest absolute Gasteiger partial charge is 0.330 e. The summed E-state index contributed by atoms with van der Waals surface area (Å²) in [6.45, 7) is 0. The Morgan fingerprint density at radius 2 is 1.60 bits per heavy atom. The predicted octanol–water partition coefficient (Wildman–Crippen LogP) is 3.84. The molecule has 0 N–H and O–H groups in total. The zero-order valence-corrected chi connectivity index (χ0v) is 11.6. The predicted molar refractivity (Wildman–Crippen MR) is 81.9 cm³/mol. The number of carbonyl (C=O) groups excluding carboxylic acids is 1. The van der Waals surface area contributed by atoms with Crippen molar-refractivity contribution in [3.8, 4) is 11.3 Å². The fourth-order valence-corrected chi connectivity index (χ4v) is 2.38. The van der Waals surface area contributed by atoms with Gasteiger partial charge in [0.05, 0.1) is 11.2 Å². The molecule has 0 saturated heterocycles. The number of fused-ring (bicyclic) bond motifs is 1. The Balaban J connectivity index is 2.31. The minimum atomic E-state index is -0.0370. The maximum absolute atomic E-state index is 12.5. The first kappa shape index (κ1) is 12.5. The van der Waals surface area contributed by atoms with Crippen LogP contribution in [0.2, 0.25) is 0 Å². The van der Waals surface area contributed by atoms with Crippen molar-refractivity contribution in [2.24, 2.45) is 0 Å². The van der Waals surface area contributed by atoms with Gasteiger partial charge in [-0.15, -0.1) is 0 Å². The minimum Gasteiger partial charge on any atom is -0.330 e. The third-order valence-electron chi connectivity index (χ3n) is 3.35. The van der Waals surface area contributed by atoms with Gasteiger partial charge in [-0.2, -0.15) is 0 Å². The summed E-state index contributed by atoms with van der Waals surface area (Å²) < 4.78 is 1.77. The molecule has 1 aromatic heterocycles. The molecule has 1 heterocycles. The third-order valence-corrected chi connectivity index (χ3v) is 3.35. The average molecular weight is 264 g/mol. The van der Waals surface area contributed by atoms with E-state index in [0.717, 1.165) is 22.2 Å². The monoisotopic (exact) mass is 264 g/mol. The summed E-state index contributed by atoms with van der Waals surface area (Å²) in [5.41, 5.74) is 2.90. The summed E-state index contributed by atoms with van der Waals surface area (Å²) in [5.74, 6) is 0. The van der Waals surface area contributed by atoms with Gasteiger partial charge in [-0.25, -0.2) is 4.79 Å². The van der Waals surface area contributed by atoms with E-state index in [4.69, 9.17) is 0 Å². The maximum atomic E-state index is 12.5. The number of aromatic nitrogens is 1. The van der Waals surface area contributed by atoms with Crippen LogP contribution in [-0.2, 0) is 0 Å². The normalized spacial score (nSPS) is 10.7. The molecule has 3 heteroatoms. The van der Waals surface area contributed by atoms with Gasteiger partial charge in [0.15, 0.2) is 0 Å². The number of benzene rings is 2. The number of carbonyl (C=O) groups is 1. The van der Waals surface area contributed by atoms with Gasteiger partial charge in [0.1, 0.15) is 0 Å². The fraction of sp³-hybridized carbons (Fsp3) is 0.118. The smallest absolute Gasteiger partial charge is 0.328 e. The summed E-state index contributed by atoms with van der Waals surface area (Å²) in [7, 11) is 3.54. The number of nitrogens with zero attached hydrogens (tertiary/aromatic N) is 2. The Kier molecular flexibility index (Phi) is 3.03. The third kappa shape index (κ3) is 1.97. The highest BCUT2D eigenvalue weighted by Crippen LogP contribution is 2.28. The van der Waals surface area contributed by atoms with E-state index in [-0.39, 0.29) is 6.03 Å². The molecule has 0 aliphatic rings. The minimum absolute atomic E-state index is 0.0370. The molecule has 0 saturated carbocycles. The standard InChI is InChI=1S/C17H16N2O/c1-18(2)17(20)19-15-11-7-6-10-14(15)12-16(19)13-8-4-3-5-9-13/h3-12H,1-2H3. The van der Waals surface area contributed by atoms with Crippen LogP contribution < -0.4 is 0 Å². The van der Waals surface area contributed by atoms with Crippen LogP contribution in [-0.4, -0.2) is 29.6 Å². The van der Waals surface area contributed by atoms with Crippen molar-refractivity contribution in [1.29, 1.82) is 0 Å². The zero-order valence-electron chi connectivity index (χ0n) is 11.6. The molecule has 0 fully saturated rings. The van der Waals surface area contributed by atoms with E-state index < -0.39 is 0 Å². The molecular formula is C17H16N2O. The summed E-state index contributed by atoms with van der Waals surface area (Å²) in [4.78, 5) is 14.1. The van der Waals surface area contributed by atoms with E-state index in [1.807, 2.05) is 54.6 Å². The van der Waals surface area contributed by atoms with E-state index >= 15 is 0 Å². The molecular weight excluding hydrogens is 248 g/mol. The quantitative estimate of drug-likeness (QED) is 0.655. The molecule has 0 aliphatic heterocycles. The highest BCUT2D eigenvalue weighted by molar-refractivity contribution is 5.97. The molecule has 0 atom stereocenters. The Morgan fingerprint density at radius 3 is 2.30 bits per heavy atom. The molecule has 20 heavy (non-hydrogen) atoms. The van der Waals surface area contributed by atoms with Crippen molar-refractivity contribution in [2.45, 2.75) is 0 Å². The van der Waals surface area contributed by atoms with Crippen molar-refractivity contribution in [3.63, 3.8) is 0 Å². The van der Waals surface area contributed by atoms with Crippen molar-refractivity contribution in [1.82, 2.24) is 9.47 Å². The number of hydrogen-bond donors (Lipinski definition) is 0. The molecule has 0 spiro atoms. The lowest BCUT2D eigenvalue weighted by atomic mass is 10.1. The SMILES string of the molecule is CN(C)C(=O)n1c(-c2ccccc2)cc2ccccc21. The van der Waals surface area contributed by atoms with Crippen LogP contribution in [0.1, 0.15) is 0 Å². The van der Waals surface area contributed by atoms with Gasteiger partial charge in [-0.05, 0) is 17.7 Å². The molecule has 100 valence electrons. The second kappa shape index (κ2) is 4.85. The first-order chi connectivity index (χ1) is 9.68. The van der Waals surface area contributed by atoms with E-state index in [2.05, 4.69) is 6.07 Å². The molecule has 0 radical (unpaired) electrons. The summed E-state index contributed by atoms with van der Waals surface area (Å²) in [6.07, 6.45) is 0. The van der Waals surface area contributed by atoms with Crippen LogP contribution >= 0.6 is 0 Å². The summed E-state index contributed by atoms with van der Waals surface area (Å²) in [5, 5.41) is 1.07. The zero-order chi connectivity index (χ0) is 14.1. The first-order valence-corrected chi connectivity index (χ1v) is 6.56. The van der Waals surface area contributed by atoms with Crippen LogP contribution in [0.15, 0.2) is 60.7 Å². The van der Waals surface area contributed by atoms with Gasteiger partial charge in [0.2, 0.25) is 0 Å². The Labute approximate surface area is 118 Å². The van der Waals surface area contributed by atoms with Crippen LogP contribution in [0.3, 0.4) is 0 Å². The molecule has 3 rings (SSSR count). The van der Waals surface area contributed by atoms with Gasteiger partial charge >= 0.3 is 6.03 Å². The van der Waals surface area contributed by atoms with Crippen molar-refractivity contribution in [2.75, 3.05) is 14.1 Å². The highest BCUT2D eigenvalue weighted by Gasteiger charge is 2.17. The lowest BCUT2D eigenvalue weighted by Gasteiger charge is -2.15. The number of hydrogen-bond acceptors (Lipinski definition) is 1. The number of amides is 1.